The largest absolute Gasteiger partial charge is 0.349 e. The molecule has 1 amide bonds. The van der Waals surface area contributed by atoms with E-state index < -0.39 is 0 Å². The molecular formula is C13H13ClN2OS. The Morgan fingerprint density at radius 3 is 2.94 bits per heavy atom. The van der Waals surface area contributed by atoms with Crippen molar-refractivity contribution < 1.29 is 4.79 Å². The number of hydrogen-bond donors (Lipinski definition) is 1. The normalized spacial score (nSPS) is 12.1. The minimum atomic E-state index is -0.123. The van der Waals surface area contributed by atoms with Crippen molar-refractivity contribution in [2.75, 3.05) is 0 Å². The molecule has 0 aliphatic heterocycles. The lowest BCUT2D eigenvalue weighted by molar-refractivity contribution is 0.0940. The Bertz CT molecular complexity index is 510. The fourth-order valence-electron chi connectivity index (χ4n) is 1.63. The highest BCUT2D eigenvalue weighted by atomic mass is 35.5. The quantitative estimate of drug-likeness (QED) is 0.874. The zero-order valence-corrected chi connectivity index (χ0v) is 11.5. The van der Waals surface area contributed by atoms with Crippen molar-refractivity contribution in [1.82, 2.24) is 10.3 Å². The number of halogens is 1. The highest BCUT2D eigenvalue weighted by molar-refractivity contribution is 7.07. The lowest BCUT2D eigenvalue weighted by atomic mass is 10.1. The zero-order valence-electron chi connectivity index (χ0n) is 9.89. The molecule has 2 heterocycles. The summed E-state index contributed by atoms with van der Waals surface area (Å²) in [5.41, 5.74) is 1.76. The van der Waals surface area contributed by atoms with Crippen molar-refractivity contribution in [1.29, 1.82) is 0 Å². The van der Waals surface area contributed by atoms with Gasteiger partial charge in [-0.1, -0.05) is 11.6 Å². The summed E-state index contributed by atoms with van der Waals surface area (Å²) < 4.78 is 0. The van der Waals surface area contributed by atoms with Gasteiger partial charge in [0, 0.05) is 12.2 Å². The van der Waals surface area contributed by atoms with Gasteiger partial charge in [-0.25, -0.2) is 4.98 Å². The average Bonchev–Trinajstić information content (AvgIpc) is 2.82. The molecule has 0 spiro atoms. The molecule has 18 heavy (non-hydrogen) atoms. The minimum absolute atomic E-state index is 0.0859. The molecule has 0 bridgehead atoms. The van der Waals surface area contributed by atoms with Gasteiger partial charge in [0.1, 0.15) is 5.15 Å². The molecule has 0 aliphatic carbocycles. The van der Waals surface area contributed by atoms with Crippen molar-refractivity contribution in [2.45, 2.75) is 19.4 Å². The van der Waals surface area contributed by atoms with E-state index in [-0.39, 0.29) is 11.9 Å². The summed E-state index contributed by atoms with van der Waals surface area (Å²) in [5.74, 6) is -0.123. The Morgan fingerprint density at radius 1 is 1.50 bits per heavy atom. The molecule has 2 aromatic heterocycles. The van der Waals surface area contributed by atoms with E-state index in [1.54, 1.807) is 23.5 Å². The smallest absolute Gasteiger partial charge is 0.253 e. The first kappa shape index (κ1) is 13.1. The van der Waals surface area contributed by atoms with E-state index in [4.69, 9.17) is 11.6 Å². The summed E-state index contributed by atoms with van der Waals surface area (Å²) in [6.45, 7) is 1.99. The molecule has 1 atom stereocenters. The van der Waals surface area contributed by atoms with Crippen molar-refractivity contribution in [3.05, 3.63) is 51.4 Å². The standard InChI is InChI=1S/C13H13ClN2OS/c1-9(6-10-4-5-18-8-10)16-13(17)11-2-3-12(14)15-7-11/h2-5,7-9H,6H2,1H3,(H,16,17). The van der Waals surface area contributed by atoms with Gasteiger partial charge in [-0.05, 0) is 47.9 Å². The number of hydrogen-bond acceptors (Lipinski definition) is 3. The molecule has 0 aliphatic rings. The number of aromatic nitrogens is 1. The van der Waals surface area contributed by atoms with E-state index in [9.17, 15) is 4.79 Å². The summed E-state index contributed by atoms with van der Waals surface area (Å²) >= 11 is 7.34. The van der Waals surface area contributed by atoms with Crippen LogP contribution in [0.2, 0.25) is 5.15 Å². The van der Waals surface area contributed by atoms with Gasteiger partial charge >= 0.3 is 0 Å². The molecule has 94 valence electrons. The average molecular weight is 281 g/mol. The Hall–Kier alpha value is -1.39. The van der Waals surface area contributed by atoms with Gasteiger partial charge in [-0.2, -0.15) is 11.3 Å². The van der Waals surface area contributed by atoms with Gasteiger partial charge < -0.3 is 5.32 Å². The Balaban J connectivity index is 1.92. The molecule has 0 saturated carbocycles. The van der Waals surface area contributed by atoms with Crippen molar-refractivity contribution in [3.63, 3.8) is 0 Å². The van der Waals surface area contributed by atoms with E-state index in [0.717, 1.165) is 6.42 Å². The van der Waals surface area contributed by atoms with Crippen LogP contribution < -0.4 is 5.32 Å². The second kappa shape index (κ2) is 5.98. The summed E-state index contributed by atoms with van der Waals surface area (Å²) in [5, 5.41) is 7.45. The van der Waals surface area contributed by atoms with E-state index >= 15 is 0 Å². The molecule has 2 aromatic rings. The van der Waals surface area contributed by atoms with Gasteiger partial charge in [0.2, 0.25) is 0 Å². The summed E-state index contributed by atoms with van der Waals surface area (Å²) in [6, 6.07) is 5.43. The Labute approximate surface area is 115 Å². The van der Waals surface area contributed by atoms with Crippen LogP contribution in [0.4, 0.5) is 0 Å². The molecule has 0 radical (unpaired) electrons. The molecule has 5 heteroatoms. The van der Waals surface area contributed by atoms with Crippen molar-refractivity contribution in [2.24, 2.45) is 0 Å². The lowest BCUT2D eigenvalue weighted by Crippen LogP contribution is -2.34. The van der Waals surface area contributed by atoms with Crippen LogP contribution >= 0.6 is 22.9 Å². The van der Waals surface area contributed by atoms with Crippen LogP contribution in [0, 0.1) is 0 Å². The lowest BCUT2D eigenvalue weighted by Gasteiger charge is -2.12. The Morgan fingerprint density at radius 2 is 2.33 bits per heavy atom. The van der Waals surface area contributed by atoms with Gasteiger partial charge in [0.05, 0.1) is 5.56 Å². The SMILES string of the molecule is CC(Cc1ccsc1)NC(=O)c1ccc(Cl)nc1. The number of thiophene rings is 1. The highest BCUT2D eigenvalue weighted by Crippen LogP contribution is 2.09. The van der Waals surface area contributed by atoms with E-state index in [1.165, 1.54) is 11.8 Å². The molecule has 0 aromatic carbocycles. The highest BCUT2D eigenvalue weighted by Gasteiger charge is 2.10. The predicted molar refractivity (Wildman–Crippen MR) is 74.2 cm³/mol. The zero-order chi connectivity index (χ0) is 13.0. The number of rotatable bonds is 4. The third kappa shape index (κ3) is 3.55. The van der Waals surface area contributed by atoms with E-state index in [1.807, 2.05) is 12.3 Å². The molecule has 1 N–H and O–H groups in total. The topological polar surface area (TPSA) is 42.0 Å². The van der Waals surface area contributed by atoms with Crippen LogP contribution in [0.5, 0.6) is 0 Å². The van der Waals surface area contributed by atoms with E-state index in [0.29, 0.717) is 10.7 Å². The van der Waals surface area contributed by atoms with Gasteiger partial charge in [-0.15, -0.1) is 0 Å². The van der Waals surface area contributed by atoms with Crippen LogP contribution in [-0.4, -0.2) is 16.9 Å². The maximum absolute atomic E-state index is 11.9. The summed E-state index contributed by atoms with van der Waals surface area (Å²) in [6.07, 6.45) is 2.31. The molecular weight excluding hydrogens is 268 g/mol. The molecule has 3 nitrogen and oxygen atoms in total. The molecule has 2 rings (SSSR count). The predicted octanol–water partition coefficient (Wildman–Crippen LogP) is 3.16. The molecule has 0 fully saturated rings. The first-order valence-electron chi connectivity index (χ1n) is 5.58. The maximum atomic E-state index is 11.9. The maximum Gasteiger partial charge on any atom is 0.253 e. The second-order valence-electron chi connectivity index (χ2n) is 4.08. The van der Waals surface area contributed by atoms with Gasteiger partial charge in [0.15, 0.2) is 0 Å². The first-order valence-corrected chi connectivity index (χ1v) is 6.90. The monoisotopic (exact) mass is 280 g/mol. The number of nitrogens with zero attached hydrogens (tertiary/aromatic N) is 1. The summed E-state index contributed by atoms with van der Waals surface area (Å²) in [4.78, 5) is 15.8. The fraction of sp³-hybridized carbons (Fsp3) is 0.231. The van der Waals surface area contributed by atoms with Crippen LogP contribution in [0.15, 0.2) is 35.2 Å². The first-order chi connectivity index (χ1) is 8.65. The second-order valence-corrected chi connectivity index (χ2v) is 5.25. The number of carbonyl (C=O) groups is 1. The fourth-order valence-corrected chi connectivity index (χ4v) is 2.42. The van der Waals surface area contributed by atoms with Gasteiger partial charge in [0.25, 0.3) is 5.91 Å². The third-order valence-corrected chi connectivity index (χ3v) is 3.44. The summed E-state index contributed by atoms with van der Waals surface area (Å²) in [7, 11) is 0. The minimum Gasteiger partial charge on any atom is -0.349 e. The van der Waals surface area contributed by atoms with Crippen LogP contribution in [-0.2, 0) is 6.42 Å². The molecule has 0 saturated heterocycles. The van der Waals surface area contributed by atoms with Crippen LogP contribution in [0.3, 0.4) is 0 Å². The van der Waals surface area contributed by atoms with Crippen LogP contribution in [0.25, 0.3) is 0 Å². The molecule has 1 unspecified atom stereocenters. The number of pyridine rings is 1. The number of nitrogens with one attached hydrogen (secondary N) is 1. The number of carbonyl (C=O) groups excluding carboxylic acids is 1. The third-order valence-electron chi connectivity index (χ3n) is 2.49. The van der Waals surface area contributed by atoms with Crippen molar-refractivity contribution in [3.8, 4) is 0 Å². The van der Waals surface area contributed by atoms with Crippen LogP contribution in [0.1, 0.15) is 22.8 Å². The number of amides is 1. The van der Waals surface area contributed by atoms with Gasteiger partial charge in [-0.3, -0.25) is 4.79 Å². The van der Waals surface area contributed by atoms with E-state index in [2.05, 4.69) is 21.7 Å². The Kier molecular flexibility index (Phi) is 4.33. The van der Waals surface area contributed by atoms with Crippen molar-refractivity contribution >= 4 is 28.8 Å².